The van der Waals surface area contributed by atoms with Crippen LogP contribution in [0.5, 0.6) is 5.75 Å². The summed E-state index contributed by atoms with van der Waals surface area (Å²) in [5, 5.41) is 0. The first-order valence-electron chi connectivity index (χ1n) is 8.62. The summed E-state index contributed by atoms with van der Waals surface area (Å²) in [6.07, 6.45) is 3.66. The monoisotopic (exact) mass is 368 g/mol. The van der Waals surface area contributed by atoms with Crippen LogP contribution in [-0.4, -0.2) is 7.11 Å². The molecule has 0 aromatic heterocycles. The molecule has 3 rings (SSSR count). The summed E-state index contributed by atoms with van der Waals surface area (Å²) in [5.41, 5.74) is 2.53. The predicted molar refractivity (Wildman–Crippen MR) is 103 cm³/mol. The summed E-state index contributed by atoms with van der Waals surface area (Å²) in [6.45, 7) is 1.78. The van der Waals surface area contributed by atoms with Crippen LogP contribution in [0.4, 0.5) is 13.2 Å². The molecule has 0 saturated heterocycles. The number of hydrogen-bond acceptors (Lipinski definition) is 1. The van der Waals surface area contributed by atoms with Crippen molar-refractivity contribution in [2.75, 3.05) is 7.11 Å². The van der Waals surface area contributed by atoms with Crippen LogP contribution >= 0.6 is 0 Å². The largest absolute Gasteiger partial charge is 0.497 e. The highest BCUT2D eigenvalue weighted by atomic mass is 19.2. The molecule has 0 bridgehead atoms. The number of methoxy groups -OCH3 is 1. The van der Waals surface area contributed by atoms with Gasteiger partial charge in [-0.3, -0.25) is 0 Å². The van der Waals surface area contributed by atoms with E-state index in [2.05, 4.69) is 0 Å². The normalized spacial score (nSPS) is 11.1. The van der Waals surface area contributed by atoms with E-state index >= 15 is 0 Å². The van der Waals surface area contributed by atoms with Gasteiger partial charge in [0.05, 0.1) is 7.11 Å². The molecular weight excluding hydrogens is 349 g/mol. The highest BCUT2D eigenvalue weighted by Gasteiger charge is 2.10. The van der Waals surface area contributed by atoms with Crippen molar-refractivity contribution in [3.05, 3.63) is 88.7 Å². The highest BCUT2D eigenvalue weighted by molar-refractivity contribution is 5.72. The lowest BCUT2D eigenvalue weighted by Gasteiger charge is -2.06. The molecule has 0 aliphatic heterocycles. The Kier molecular flexibility index (Phi) is 5.65. The van der Waals surface area contributed by atoms with Crippen molar-refractivity contribution < 1.29 is 17.9 Å². The van der Waals surface area contributed by atoms with Gasteiger partial charge >= 0.3 is 0 Å². The molecule has 1 nitrogen and oxygen atoms in total. The number of rotatable bonds is 5. The number of aryl methyl sites for hydroxylation is 1. The minimum absolute atomic E-state index is 0.190. The summed E-state index contributed by atoms with van der Waals surface area (Å²) in [6, 6.07) is 15.0. The minimum atomic E-state index is -0.845. The molecule has 27 heavy (non-hydrogen) atoms. The second-order valence-electron chi connectivity index (χ2n) is 6.10. The molecule has 0 heterocycles. The molecule has 0 amide bonds. The summed E-state index contributed by atoms with van der Waals surface area (Å²) in [5.74, 6) is -1.56. The van der Waals surface area contributed by atoms with Gasteiger partial charge in [0.1, 0.15) is 11.6 Å². The Morgan fingerprint density at radius 3 is 2.22 bits per heavy atom. The van der Waals surface area contributed by atoms with E-state index in [4.69, 9.17) is 4.74 Å². The number of ether oxygens (including phenoxy) is 1. The van der Waals surface area contributed by atoms with E-state index in [0.717, 1.165) is 11.1 Å². The maximum absolute atomic E-state index is 14.2. The number of halogens is 3. The molecule has 0 aliphatic carbocycles. The molecule has 0 unspecified atom stereocenters. The minimum Gasteiger partial charge on any atom is -0.497 e. The van der Waals surface area contributed by atoms with E-state index < -0.39 is 11.6 Å². The number of benzene rings is 3. The van der Waals surface area contributed by atoms with Crippen molar-refractivity contribution in [1.82, 2.24) is 0 Å². The average Bonchev–Trinajstić information content (AvgIpc) is 2.69. The second kappa shape index (κ2) is 8.12. The van der Waals surface area contributed by atoms with E-state index in [1.165, 1.54) is 19.3 Å². The van der Waals surface area contributed by atoms with E-state index in [9.17, 15) is 13.2 Å². The lowest BCUT2D eigenvalue weighted by molar-refractivity contribution is 0.411. The van der Waals surface area contributed by atoms with E-state index in [0.29, 0.717) is 23.3 Å². The van der Waals surface area contributed by atoms with Crippen molar-refractivity contribution in [3.63, 3.8) is 0 Å². The topological polar surface area (TPSA) is 9.23 Å². The van der Waals surface area contributed by atoms with Crippen LogP contribution < -0.4 is 4.74 Å². The van der Waals surface area contributed by atoms with Gasteiger partial charge in [-0.05, 0) is 35.2 Å². The second-order valence-corrected chi connectivity index (χ2v) is 6.10. The van der Waals surface area contributed by atoms with Gasteiger partial charge in [-0.15, -0.1) is 0 Å². The van der Waals surface area contributed by atoms with Crippen LogP contribution in [0.25, 0.3) is 23.3 Å². The molecule has 3 aromatic carbocycles. The first kappa shape index (κ1) is 18.8. The van der Waals surface area contributed by atoms with Gasteiger partial charge in [0, 0.05) is 17.2 Å². The van der Waals surface area contributed by atoms with Crippen LogP contribution in [-0.2, 0) is 6.42 Å². The van der Waals surface area contributed by atoms with Crippen LogP contribution in [0, 0.1) is 17.5 Å². The molecule has 0 spiro atoms. The number of hydrogen-bond donors (Lipinski definition) is 0. The van der Waals surface area contributed by atoms with Crippen molar-refractivity contribution in [2.45, 2.75) is 13.3 Å². The lowest BCUT2D eigenvalue weighted by atomic mass is 10.0. The van der Waals surface area contributed by atoms with Crippen LogP contribution in [0.1, 0.15) is 23.6 Å². The van der Waals surface area contributed by atoms with Gasteiger partial charge < -0.3 is 4.74 Å². The van der Waals surface area contributed by atoms with Gasteiger partial charge in [-0.25, -0.2) is 13.2 Å². The van der Waals surface area contributed by atoms with Gasteiger partial charge in [0.15, 0.2) is 11.6 Å². The molecule has 4 heteroatoms. The fourth-order valence-electron chi connectivity index (χ4n) is 2.82. The Labute approximate surface area is 156 Å². The third-order valence-corrected chi connectivity index (χ3v) is 4.43. The van der Waals surface area contributed by atoms with E-state index in [1.807, 2.05) is 0 Å². The Bertz CT molecular complexity index is 976. The Hall–Kier alpha value is -3.01. The van der Waals surface area contributed by atoms with Crippen molar-refractivity contribution in [3.8, 4) is 16.9 Å². The smallest absolute Gasteiger partial charge is 0.166 e. The summed E-state index contributed by atoms with van der Waals surface area (Å²) in [4.78, 5) is 0. The molecule has 0 aliphatic rings. The van der Waals surface area contributed by atoms with E-state index in [-0.39, 0.29) is 11.4 Å². The summed E-state index contributed by atoms with van der Waals surface area (Å²) in [7, 11) is 1.49. The zero-order valence-electron chi connectivity index (χ0n) is 15.1. The maximum Gasteiger partial charge on any atom is 0.166 e. The summed E-state index contributed by atoms with van der Waals surface area (Å²) >= 11 is 0. The molecule has 0 atom stereocenters. The standard InChI is InChI=1S/C23H19F3O/c1-3-16-10-11-18(23(26)22(16)25)9-6-15-4-7-17(8-5-15)20-13-12-19(27-2)14-21(20)24/h4-14H,3H2,1-2H3/b9-6+. The zero-order valence-corrected chi connectivity index (χ0v) is 15.1. The van der Waals surface area contributed by atoms with Crippen LogP contribution in [0.3, 0.4) is 0 Å². The van der Waals surface area contributed by atoms with Gasteiger partial charge in [-0.1, -0.05) is 55.5 Å². The first-order chi connectivity index (χ1) is 13.0. The zero-order chi connectivity index (χ0) is 19.4. The quantitative estimate of drug-likeness (QED) is 0.466. The first-order valence-corrected chi connectivity index (χ1v) is 8.62. The predicted octanol–water partition coefficient (Wildman–Crippen LogP) is 6.51. The molecule has 3 aromatic rings. The Morgan fingerprint density at radius 1 is 0.852 bits per heavy atom. The molecule has 0 saturated carbocycles. The molecule has 0 N–H and O–H groups in total. The molecule has 0 fully saturated rings. The SMILES string of the molecule is CCc1ccc(/C=C/c2ccc(-c3ccc(OC)cc3F)cc2)c(F)c1F. The fraction of sp³-hybridized carbons (Fsp3) is 0.130. The van der Waals surface area contributed by atoms with Gasteiger partial charge in [0.2, 0.25) is 0 Å². The lowest BCUT2D eigenvalue weighted by Crippen LogP contribution is -1.95. The van der Waals surface area contributed by atoms with Crippen LogP contribution in [0.2, 0.25) is 0 Å². The van der Waals surface area contributed by atoms with Gasteiger partial charge in [-0.2, -0.15) is 0 Å². The molecule has 0 radical (unpaired) electrons. The van der Waals surface area contributed by atoms with Crippen molar-refractivity contribution in [2.24, 2.45) is 0 Å². The van der Waals surface area contributed by atoms with Crippen LogP contribution in [0.15, 0.2) is 54.6 Å². The third kappa shape index (κ3) is 4.05. The molecular formula is C23H19F3O. The van der Waals surface area contributed by atoms with Gasteiger partial charge in [0.25, 0.3) is 0 Å². The molecule has 138 valence electrons. The maximum atomic E-state index is 14.2. The van der Waals surface area contributed by atoms with Crippen molar-refractivity contribution in [1.29, 1.82) is 0 Å². The Balaban J connectivity index is 1.82. The average molecular weight is 368 g/mol. The fourth-order valence-corrected chi connectivity index (χ4v) is 2.82. The Morgan fingerprint density at radius 2 is 1.59 bits per heavy atom. The third-order valence-electron chi connectivity index (χ3n) is 4.43. The van der Waals surface area contributed by atoms with E-state index in [1.54, 1.807) is 61.5 Å². The summed E-state index contributed by atoms with van der Waals surface area (Å²) < 4.78 is 47.1. The highest BCUT2D eigenvalue weighted by Crippen LogP contribution is 2.27. The van der Waals surface area contributed by atoms with Crippen molar-refractivity contribution >= 4 is 12.2 Å².